The molecule has 102 valence electrons. The van der Waals surface area contributed by atoms with Crippen molar-refractivity contribution >= 4 is 17.7 Å². The van der Waals surface area contributed by atoms with E-state index in [-0.39, 0.29) is 12.0 Å². The molecule has 0 aliphatic carbocycles. The maximum atomic E-state index is 11.9. The first-order chi connectivity index (χ1) is 7.96. The van der Waals surface area contributed by atoms with E-state index in [1.165, 1.54) is 0 Å². The summed E-state index contributed by atoms with van der Waals surface area (Å²) < 4.78 is 10.1. The third kappa shape index (κ3) is 6.91. The van der Waals surface area contributed by atoms with Crippen LogP contribution in [0.15, 0.2) is 0 Å². The summed E-state index contributed by atoms with van der Waals surface area (Å²) in [5.41, 5.74) is -0.622. The van der Waals surface area contributed by atoms with Crippen LogP contribution in [0.25, 0.3) is 0 Å². The molecular weight excluding hydrogens is 238 g/mol. The second-order valence-electron chi connectivity index (χ2n) is 4.40. The number of carbonyl (C=O) groups excluding carboxylic acids is 1. The minimum Gasteiger partial charge on any atom is -0.465 e. The fourth-order valence-corrected chi connectivity index (χ4v) is 2.54. The monoisotopic (exact) mass is 263 g/mol. The predicted molar refractivity (Wildman–Crippen MR) is 72.5 cm³/mol. The summed E-state index contributed by atoms with van der Waals surface area (Å²) in [4.78, 5) is 11.9. The van der Waals surface area contributed by atoms with Crippen molar-refractivity contribution in [1.82, 2.24) is 5.32 Å². The standard InChI is InChI=1S/C12H25NO3S/c1-6-16-11(14)12(4,13-10(2)3)9-17-8-7-15-5/h10,13H,6-9H2,1-5H3. The Kier molecular flexibility index (Phi) is 8.64. The van der Waals surface area contributed by atoms with E-state index in [1.807, 2.05) is 27.7 Å². The zero-order valence-corrected chi connectivity index (χ0v) is 12.4. The molecule has 0 aliphatic heterocycles. The topological polar surface area (TPSA) is 47.6 Å². The molecule has 0 saturated carbocycles. The van der Waals surface area contributed by atoms with Crippen molar-refractivity contribution in [2.24, 2.45) is 0 Å². The highest BCUT2D eigenvalue weighted by Crippen LogP contribution is 2.16. The number of methoxy groups -OCH3 is 1. The van der Waals surface area contributed by atoms with Crippen LogP contribution in [0.3, 0.4) is 0 Å². The van der Waals surface area contributed by atoms with Crippen LogP contribution in [0, 0.1) is 0 Å². The first-order valence-electron chi connectivity index (χ1n) is 5.98. The van der Waals surface area contributed by atoms with E-state index in [0.29, 0.717) is 19.0 Å². The van der Waals surface area contributed by atoms with Crippen LogP contribution in [0.1, 0.15) is 27.7 Å². The highest BCUT2D eigenvalue weighted by atomic mass is 32.2. The molecule has 0 aliphatic rings. The van der Waals surface area contributed by atoms with Gasteiger partial charge >= 0.3 is 5.97 Å². The van der Waals surface area contributed by atoms with E-state index in [1.54, 1.807) is 18.9 Å². The Morgan fingerprint density at radius 1 is 1.47 bits per heavy atom. The lowest BCUT2D eigenvalue weighted by molar-refractivity contribution is -0.149. The van der Waals surface area contributed by atoms with Gasteiger partial charge in [0.15, 0.2) is 0 Å². The molecule has 1 unspecified atom stereocenters. The van der Waals surface area contributed by atoms with Crippen molar-refractivity contribution in [2.45, 2.75) is 39.3 Å². The summed E-state index contributed by atoms with van der Waals surface area (Å²) in [6, 6.07) is 0.243. The van der Waals surface area contributed by atoms with E-state index < -0.39 is 5.54 Å². The number of rotatable bonds is 9. The quantitative estimate of drug-likeness (QED) is 0.507. The number of nitrogens with one attached hydrogen (secondary N) is 1. The van der Waals surface area contributed by atoms with Crippen molar-refractivity contribution in [3.05, 3.63) is 0 Å². The molecule has 1 atom stereocenters. The Morgan fingerprint density at radius 3 is 2.59 bits per heavy atom. The molecule has 4 nitrogen and oxygen atoms in total. The zero-order valence-electron chi connectivity index (χ0n) is 11.5. The van der Waals surface area contributed by atoms with Gasteiger partial charge in [0.2, 0.25) is 0 Å². The van der Waals surface area contributed by atoms with Gasteiger partial charge in [-0.3, -0.25) is 10.1 Å². The number of hydrogen-bond acceptors (Lipinski definition) is 5. The van der Waals surface area contributed by atoms with E-state index >= 15 is 0 Å². The van der Waals surface area contributed by atoms with Crippen LogP contribution in [0.2, 0.25) is 0 Å². The molecule has 0 amide bonds. The van der Waals surface area contributed by atoms with Crippen LogP contribution >= 0.6 is 11.8 Å². The molecule has 0 aromatic carbocycles. The van der Waals surface area contributed by atoms with Crippen molar-refractivity contribution in [3.8, 4) is 0 Å². The smallest absolute Gasteiger partial charge is 0.326 e. The molecule has 0 heterocycles. The van der Waals surface area contributed by atoms with Gasteiger partial charge in [-0.2, -0.15) is 11.8 Å². The summed E-state index contributed by atoms with van der Waals surface area (Å²) >= 11 is 1.69. The van der Waals surface area contributed by atoms with Crippen molar-refractivity contribution in [3.63, 3.8) is 0 Å². The lowest BCUT2D eigenvalue weighted by atomic mass is 10.0. The largest absolute Gasteiger partial charge is 0.465 e. The van der Waals surface area contributed by atoms with E-state index in [2.05, 4.69) is 5.32 Å². The highest BCUT2D eigenvalue weighted by molar-refractivity contribution is 7.99. The third-order valence-corrected chi connectivity index (χ3v) is 3.39. The van der Waals surface area contributed by atoms with Gasteiger partial charge in [0.25, 0.3) is 0 Å². The molecule has 0 rings (SSSR count). The summed E-state index contributed by atoms with van der Waals surface area (Å²) in [7, 11) is 1.68. The molecule has 0 fully saturated rings. The van der Waals surface area contributed by atoms with Crippen molar-refractivity contribution in [1.29, 1.82) is 0 Å². The summed E-state index contributed by atoms with van der Waals surface area (Å²) in [6.45, 7) is 8.88. The Hall–Kier alpha value is -0.260. The van der Waals surface area contributed by atoms with E-state index in [0.717, 1.165) is 5.75 Å². The van der Waals surface area contributed by atoms with Gasteiger partial charge in [0, 0.05) is 24.7 Å². The Labute approximate surface area is 109 Å². The van der Waals surface area contributed by atoms with E-state index in [9.17, 15) is 4.79 Å². The average Bonchev–Trinajstić information content (AvgIpc) is 2.24. The van der Waals surface area contributed by atoms with Gasteiger partial charge in [0.05, 0.1) is 13.2 Å². The summed E-state index contributed by atoms with van der Waals surface area (Å²) in [6.07, 6.45) is 0. The Balaban J connectivity index is 4.33. The normalized spacial score (nSPS) is 14.7. The first kappa shape index (κ1) is 16.7. The maximum Gasteiger partial charge on any atom is 0.326 e. The van der Waals surface area contributed by atoms with Crippen LogP contribution in [0.4, 0.5) is 0 Å². The van der Waals surface area contributed by atoms with Gasteiger partial charge in [-0.05, 0) is 27.7 Å². The Morgan fingerprint density at radius 2 is 2.12 bits per heavy atom. The van der Waals surface area contributed by atoms with Crippen LogP contribution in [-0.4, -0.2) is 49.4 Å². The second kappa shape index (κ2) is 8.78. The number of carbonyl (C=O) groups is 1. The second-order valence-corrected chi connectivity index (χ2v) is 5.50. The van der Waals surface area contributed by atoms with Crippen LogP contribution in [-0.2, 0) is 14.3 Å². The van der Waals surface area contributed by atoms with Crippen molar-refractivity contribution in [2.75, 3.05) is 31.8 Å². The highest BCUT2D eigenvalue weighted by Gasteiger charge is 2.34. The third-order valence-electron chi connectivity index (χ3n) is 2.16. The summed E-state index contributed by atoms with van der Waals surface area (Å²) in [5, 5.41) is 3.28. The van der Waals surface area contributed by atoms with Gasteiger partial charge in [-0.1, -0.05) is 0 Å². The number of hydrogen-bond donors (Lipinski definition) is 1. The molecule has 0 aromatic rings. The van der Waals surface area contributed by atoms with Gasteiger partial charge in [0.1, 0.15) is 5.54 Å². The molecule has 1 N–H and O–H groups in total. The van der Waals surface area contributed by atoms with E-state index in [4.69, 9.17) is 9.47 Å². The molecule has 0 aromatic heterocycles. The maximum absolute atomic E-state index is 11.9. The van der Waals surface area contributed by atoms with Gasteiger partial charge in [-0.15, -0.1) is 0 Å². The molecule has 0 saturated heterocycles. The lowest BCUT2D eigenvalue weighted by Crippen LogP contribution is -2.55. The molecule has 0 bridgehead atoms. The van der Waals surface area contributed by atoms with Crippen LogP contribution < -0.4 is 5.32 Å². The SMILES string of the molecule is CCOC(=O)C(C)(CSCCOC)NC(C)C. The van der Waals surface area contributed by atoms with Crippen molar-refractivity contribution < 1.29 is 14.3 Å². The molecule has 17 heavy (non-hydrogen) atoms. The summed E-state index contributed by atoms with van der Waals surface area (Å²) in [5.74, 6) is 1.39. The fourth-order valence-electron chi connectivity index (χ4n) is 1.51. The first-order valence-corrected chi connectivity index (χ1v) is 7.13. The predicted octanol–water partition coefficient (Wildman–Crippen LogP) is 1.69. The average molecular weight is 263 g/mol. The molecule has 0 spiro atoms. The minimum atomic E-state index is -0.622. The number of esters is 1. The molecule has 5 heteroatoms. The lowest BCUT2D eigenvalue weighted by Gasteiger charge is -2.30. The molecular formula is C12H25NO3S. The fraction of sp³-hybridized carbons (Fsp3) is 0.917. The molecule has 0 radical (unpaired) electrons. The zero-order chi connectivity index (χ0) is 13.3. The number of ether oxygens (including phenoxy) is 2. The van der Waals surface area contributed by atoms with Gasteiger partial charge in [-0.25, -0.2) is 0 Å². The minimum absolute atomic E-state index is 0.182. The van der Waals surface area contributed by atoms with Gasteiger partial charge < -0.3 is 9.47 Å². The Bertz CT molecular complexity index is 224. The number of thioether (sulfide) groups is 1. The van der Waals surface area contributed by atoms with Crippen LogP contribution in [0.5, 0.6) is 0 Å².